The molecule has 0 bridgehead atoms. The Morgan fingerprint density at radius 2 is 2.13 bits per heavy atom. The van der Waals surface area contributed by atoms with Crippen molar-refractivity contribution in [3.05, 3.63) is 33.9 Å². The van der Waals surface area contributed by atoms with Crippen LogP contribution in [-0.4, -0.2) is 16.1 Å². The third-order valence-corrected chi connectivity index (χ3v) is 2.65. The Bertz CT molecular complexity index is 533. The number of rotatable bonds is 2. The Morgan fingerprint density at radius 1 is 1.40 bits per heavy atom. The molecule has 0 saturated carbocycles. The number of aromatic nitrogens is 1. The average molecular weight is 244 g/mol. The zero-order valence-corrected chi connectivity index (χ0v) is 9.06. The van der Waals surface area contributed by atoms with Gasteiger partial charge in [-0.15, -0.1) is 0 Å². The fourth-order valence-electron chi connectivity index (χ4n) is 1.52. The Morgan fingerprint density at radius 3 is 2.80 bits per heavy atom. The normalized spacial score (nSPS) is 10.8. The number of carboxylic acids is 1. The molecule has 0 saturated heterocycles. The maximum atomic E-state index is 10.6. The second kappa shape index (κ2) is 3.76. The molecule has 0 spiro atoms. The molecule has 0 aliphatic rings. The number of halogens is 2. The zero-order chi connectivity index (χ0) is 11.0. The standard InChI is InChI=1S/C10H7Cl2NO2/c11-6-2-7-5(1-9(14)15)4-13-10(7)8(12)3-6/h2-4,13H,1H2,(H,14,15). The molecule has 78 valence electrons. The van der Waals surface area contributed by atoms with Gasteiger partial charge in [0.05, 0.1) is 17.0 Å². The lowest BCUT2D eigenvalue weighted by Crippen LogP contribution is -1.98. The molecule has 2 N–H and O–H groups in total. The highest BCUT2D eigenvalue weighted by atomic mass is 35.5. The van der Waals surface area contributed by atoms with E-state index in [-0.39, 0.29) is 6.42 Å². The van der Waals surface area contributed by atoms with Crippen LogP contribution < -0.4 is 0 Å². The van der Waals surface area contributed by atoms with E-state index in [0.29, 0.717) is 15.6 Å². The Kier molecular flexibility index (Phi) is 2.59. The van der Waals surface area contributed by atoms with Gasteiger partial charge in [-0.2, -0.15) is 0 Å². The minimum absolute atomic E-state index is 0.0450. The summed E-state index contributed by atoms with van der Waals surface area (Å²) < 4.78 is 0. The Labute approximate surface area is 95.6 Å². The van der Waals surface area contributed by atoms with Crippen molar-refractivity contribution in [3.8, 4) is 0 Å². The summed E-state index contributed by atoms with van der Waals surface area (Å²) in [7, 11) is 0. The molecule has 15 heavy (non-hydrogen) atoms. The van der Waals surface area contributed by atoms with Gasteiger partial charge in [-0.3, -0.25) is 4.79 Å². The fourth-order valence-corrected chi connectivity index (χ4v) is 2.07. The third-order valence-electron chi connectivity index (χ3n) is 2.13. The van der Waals surface area contributed by atoms with Crippen molar-refractivity contribution in [1.29, 1.82) is 0 Å². The van der Waals surface area contributed by atoms with Crippen molar-refractivity contribution in [2.24, 2.45) is 0 Å². The van der Waals surface area contributed by atoms with Crippen molar-refractivity contribution in [3.63, 3.8) is 0 Å². The number of hydrogen-bond donors (Lipinski definition) is 2. The van der Waals surface area contributed by atoms with Gasteiger partial charge in [0.2, 0.25) is 0 Å². The van der Waals surface area contributed by atoms with Crippen LogP contribution in [0.5, 0.6) is 0 Å². The van der Waals surface area contributed by atoms with Crippen molar-refractivity contribution in [1.82, 2.24) is 4.98 Å². The van der Waals surface area contributed by atoms with Gasteiger partial charge in [0.1, 0.15) is 0 Å². The monoisotopic (exact) mass is 243 g/mol. The molecule has 0 aliphatic carbocycles. The molecule has 0 unspecified atom stereocenters. The van der Waals surface area contributed by atoms with Crippen LogP contribution in [0.25, 0.3) is 10.9 Å². The maximum absolute atomic E-state index is 10.6. The van der Waals surface area contributed by atoms with Crippen LogP contribution in [0.1, 0.15) is 5.56 Å². The first-order valence-electron chi connectivity index (χ1n) is 4.24. The van der Waals surface area contributed by atoms with Gasteiger partial charge >= 0.3 is 5.97 Å². The molecule has 0 aliphatic heterocycles. The first-order valence-corrected chi connectivity index (χ1v) is 5.00. The van der Waals surface area contributed by atoms with Crippen LogP contribution in [0.4, 0.5) is 0 Å². The number of benzene rings is 1. The Hall–Kier alpha value is -1.19. The van der Waals surface area contributed by atoms with Gasteiger partial charge in [0.25, 0.3) is 0 Å². The lowest BCUT2D eigenvalue weighted by molar-refractivity contribution is -0.136. The summed E-state index contributed by atoms with van der Waals surface area (Å²) in [5, 5.41) is 10.5. The van der Waals surface area contributed by atoms with Crippen molar-refractivity contribution < 1.29 is 9.90 Å². The highest BCUT2D eigenvalue weighted by molar-refractivity contribution is 6.38. The number of hydrogen-bond acceptors (Lipinski definition) is 1. The topological polar surface area (TPSA) is 53.1 Å². The second-order valence-electron chi connectivity index (χ2n) is 3.19. The predicted octanol–water partition coefficient (Wildman–Crippen LogP) is 3.10. The lowest BCUT2D eigenvalue weighted by atomic mass is 10.1. The first-order chi connectivity index (χ1) is 7.08. The van der Waals surface area contributed by atoms with E-state index in [1.807, 2.05) is 0 Å². The second-order valence-corrected chi connectivity index (χ2v) is 4.04. The van der Waals surface area contributed by atoms with Crippen molar-refractivity contribution in [2.45, 2.75) is 6.42 Å². The van der Waals surface area contributed by atoms with Crippen LogP contribution in [0.3, 0.4) is 0 Å². The summed E-state index contributed by atoms with van der Waals surface area (Å²) in [6, 6.07) is 3.32. The van der Waals surface area contributed by atoms with E-state index in [4.69, 9.17) is 28.3 Å². The zero-order valence-electron chi connectivity index (χ0n) is 7.55. The highest BCUT2D eigenvalue weighted by Gasteiger charge is 2.10. The summed E-state index contributed by atoms with van der Waals surface area (Å²) in [5.74, 6) is -0.882. The first kappa shape index (κ1) is 10.3. The molecule has 0 radical (unpaired) electrons. The number of fused-ring (bicyclic) bond motifs is 1. The number of H-pyrrole nitrogens is 1. The van der Waals surface area contributed by atoms with Crippen LogP contribution in [0.15, 0.2) is 18.3 Å². The van der Waals surface area contributed by atoms with E-state index < -0.39 is 5.97 Å². The van der Waals surface area contributed by atoms with Crippen molar-refractivity contribution >= 4 is 40.1 Å². The summed E-state index contributed by atoms with van der Waals surface area (Å²) in [5.41, 5.74) is 1.40. The molecule has 0 atom stereocenters. The third kappa shape index (κ3) is 1.94. The minimum Gasteiger partial charge on any atom is -0.481 e. The molecule has 0 amide bonds. The van der Waals surface area contributed by atoms with Crippen molar-refractivity contribution in [2.75, 3.05) is 0 Å². The predicted molar refractivity (Wildman–Crippen MR) is 59.7 cm³/mol. The molecular weight excluding hydrogens is 237 g/mol. The molecule has 0 fully saturated rings. The SMILES string of the molecule is O=C(O)Cc1c[nH]c2c(Cl)cc(Cl)cc12. The summed E-state index contributed by atoms with van der Waals surface area (Å²) in [4.78, 5) is 13.5. The number of aromatic amines is 1. The summed E-state index contributed by atoms with van der Waals surface area (Å²) in [6.07, 6.45) is 1.59. The van der Waals surface area contributed by atoms with E-state index in [2.05, 4.69) is 4.98 Å². The summed E-state index contributed by atoms with van der Waals surface area (Å²) in [6.45, 7) is 0. The van der Waals surface area contributed by atoms with Gasteiger partial charge in [-0.25, -0.2) is 0 Å². The van der Waals surface area contributed by atoms with Gasteiger partial charge in [0.15, 0.2) is 0 Å². The minimum atomic E-state index is -0.882. The largest absolute Gasteiger partial charge is 0.481 e. The molecular formula is C10H7Cl2NO2. The molecule has 5 heteroatoms. The Balaban J connectivity index is 2.63. The molecule has 1 aromatic heterocycles. The van der Waals surface area contributed by atoms with Crippen LogP contribution in [-0.2, 0) is 11.2 Å². The van der Waals surface area contributed by atoms with E-state index in [1.54, 1.807) is 18.3 Å². The van der Waals surface area contributed by atoms with Crippen LogP contribution in [0.2, 0.25) is 10.0 Å². The van der Waals surface area contributed by atoms with Gasteiger partial charge in [0, 0.05) is 16.6 Å². The number of aliphatic carboxylic acids is 1. The van der Waals surface area contributed by atoms with Gasteiger partial charge < -0.3 is 10.1 Å². The van der Waals surface area contributed by atoms with Crippen LogP contribution >= 0.6 is 23.2 Å². The quantitative estimate of drug-likeness (QED) is 0.852. The summed E-state index contributed by atoms with van der Waals surface area (Å²) >= 11 is 11.8. The number of carboxylic acid groups (broad SMARTS) is 1. The molecule has 2 aromatic rings. The van der Waals surface area contributed by atoms with E-state index in [1.165, 1.54) is 0 Å². The van der Waals surface area contributed by atoms with E-state index >= 15 is 0 Å². The van der Waals surface area contributed by atoms with Gasteiger partial charge in [-0.1, -0.05) is 23.2 Å². The average Bonchev–Trinajstić information content (AvgIpc) is 2.48. The lowest BCUT2D eigenvalue weighted by Gasteiger charge is -1.98. The number of carbonyl (C=O) groups is 1. The molecule has 1 aromatic carbocycles. The molecule has 2 rings (SSSR count). The van der Waals surface area contributed by atoms with E-state index in [9.17, 15) is 4.79 Å². The number of nitrogens with one attached hydrogen (secondary N) is 1. The maximum Gasteiger partial charge on any atom is 0.307 e. The smallest absolute Gasteiger partial charge is 0.307 e. The van der Waals surface area contributed by atoms with Crippen LogP contribution in [0, 0.1) is 0 Å². The van der Waals surface area contributed by atoms with E-state index in [0.717, 1.165) is 10.9 Å². The fraction of sp³-hybridized carbons (Fsp3) is 0.100. The molecule has 1 heterocycles. The molecule has 3 nitrogen and oxygen atoms in total. The van der Waals surface area contributed by atoms with Gasteiger partial charge in [-0.05, 0) is 17.7 Å². The highest BCUT2D eigenvalue weighted by Crippen LogP contribution is 2.29.